The molecule has 0 atom stereocenters. The standard InChI is InChI=1S/C14H25N5O/c20-14(17-13-6-3-1-2-4-7-13)12-15-8-5-10-19-11-9-16-18-19/h9,11,13,15H,1-8,10,12H2,(H,17,20). The zero-order valence-electron chi connectivity index (χ0n) is 12.1. The van der Waals surface area contributed by atoms with E-state index in [1.165, 1.54) is 25.7 Å². The van der Waals surface area contributed by atoms with Crippen molar-refractivity contribution in [3.05, 3.63) is 12.4 Å². The highest BCUT2D eigenvalue weighted by molar-refractivity contribution is 5.78. The van der Waals surface area contributed by atoms with E-state index in [2.05, 4.69) is 20.9 Å². The summed E-state index contributed by atoms with van der Waals surface area (Å²) in [5.41, 5.74) is 0. The zero-order chi connectivity index (χ0) is 14.0. The lowest BCUT2D eigenvalue weighted by Crippen LogP contribution is -2.40. The van der Waals surface area contributed by atoms with Gasteiger partial charge in [0.05, 0.1) is 12.7 Å². The van der Waals surface area contributed by atoms with Gasteiger partial charge in [-0.2, -0.15) is 0 Å². The number of aryl methyl sites for hydroxylation is 1. The molecule has 0 spiro atoms. The van der Waals surface area contributed by atoms with E-state index < -0.39 is 0 Å². The largest absolute Gasteiger partial charge is 0.352 e. The molecule has 1 amide bonds. The number of carbonyl (C=O) groups excluding carboxylic acids is 1. The summed E-state index contributed by atoms with van der Waals surface area (Å²) in [4.78, 5) is 11.8. The fraction of sp³-hybridized carbons (Fsp3) is 0.786. The fourth-order valence-electron chi connectivity index (χ4n) is 2.62. The van der Waals surface area contributed by atoms with Crippen molar-refractivity contribution >= 4 is 5.91 Å². The summed E-state index contributed by atoms with van der Waals surface area (Å²) >= 11 is 0. The molecule has 6 nitrogen and oxygen atoms in total. The second-order valence-electron chi connectivity index (χ2n) is 5.45. The Morgan fingerprint density at radius 1 is 1.25 bits per heavy atom. The molecule has 112 valence electrons. The Labute approximate surface area is 120 Å². The summed E-state index contributed by atoms with van der Waals surface area (Å²) in [5, 5.41) is 14.0. The van der Waals surface area contributed by atoms with Crippen molar-refractivity contribution in [3.63, 3.8) is 0 Å². The van der Waals surface area contributed by atoms with Crippen molar-refractivity contribution in [2.75, 3.05) is 13.1 Å². The summed E-state index contributed by atoms with van der Waals surface area (Å²) < 4.78 is 1.80. The van der Waals surface area contributed by atoms with E-state index in [0.29, 0.717) is 12.6 Å². The first-order chi connectivity index (χ1) is 9.84. The number of rotatable bonds is 7. The lowest BCUT2D eigenvalue weighted by Gasteiger charge is -2.16. The molecule has 0 radical (unpaired) electrons. The van der Waals surface area contributed by atoms with Crippen LogP contribution in [-0.4, -0.2) is 40.0 Å². The molecule has 0 bridgehead atoms. The van der Waals surface area contributed by atoms with Crippen molar-refractivity contribution in [3.8, 4) is 0 Å². The summed E-state index contributed by atoms with van der Waals surface area (Å²) in [6, 6.07) is 0.391. The SMILES string of the molecule is O=C(CNCCCn1ccnn1)NC1CCCCCC1. The van der Waals surface area contributed by atoms with Gasteiger partial charge in [0.2, 0.25) is 5.91 Å². The number of amides is 1. The molecule has 2 N–H and O–H groups in total. The van der Waals surface area contributed by atoms with E-state index in [-0.39, 0.29) is 5.91 Å². The molecule has 1 heterocycles. The van der Waals surface area contributed by atoms with Crippen molar-refractivity contribution in [2.45, 2.75) is 57.5 Å². The molecule has 1 saturated carbocycles. The highest BCUT2D eigenvalue weighted by Crippen LogP contribution is 2.16. The van der Waals surface area contributed by atoms with Gasteiger partial charge in [-0.25, -0.2) is 0 Å². The minimum absolute atomic E-state index is 0.123. The van der Waals surface area contributed by atoms with Crippen LogP contribution in [0.5, 0.6) is 0 Å². The lowest BCUT2D eigenvalue weighted by atomic mass is 10.1. The third kappa shape index (κ3) is 5.69. The number of hydrogen-bond acceptors (Lipinski definition) is 4. The third-order valence-corrected chi connectivity index (χ3v) is 3.72. The highest BCUT2D eigenvalue weighted by Gasteiger charge is 2.13. The van der Waals surface area contributed by atoms with Gasteiger partial charge in [0, 0.05) is 18.8 Å². The van der Waals surface area contributed by atoms with Crippen molar-refractivity contribution in [1.29, 1.82) is 0 Å². The molecule has 0 aromatic carbocycles. The monoisotopic (exact) mass is 279 g/mol. The van der Waals surface area contributed by atoms with Crippen LogP contribution in [0.15, 0.2) is 12.4 Å². The maximum absolute atomic E-state index is 11.8. The number of nitrogens with one attached hydrogen (secondary N) is 2. The summed E-state index contributed by atoms with van der Waals surface area (Å²) in [6.07, 6.45) is 11.9. The van der Waals surface area contributed by atoms with Gasteiger partial charge in [0.1, 0.15) is 0 Å². The van der Waals surface area contributed by atoms with Crippen LogP contribution < -0.4 is 10.6 Å². The predicted octanol–water partition coefficient (Wildman–Crippen LogP) is 1.10. The Balaban J connectivity index is 1.51. The van der Waals surface area contributed by atoms with E-state index >= 15 is 0 Å². The van der Waals surface area contributed by atoms with E-state index in [9.17, 15) is 4.79 Å². The summed E-state index contributed by atoms with van der Waals surface area (Å²) in [7, 11) is 0. The molecule has 1 aliphatic rings. The minimum Gasteiger partial charge on any atom is -0.352 e. The minimum atomic E-state index is 0.123. The highest BCUT2D eigenvalue weighted by atomic mass is 16.1. The maximum atomic E-state index is 11.8. The molecular weight excluding hydrogens is 254 g/mol. The van der Waals surface area contributed by atoms with Crippen LogP contribution in [0, 0.1) is 0 Å². The molecule has 1 fully saturated rings. The average molecular weight is 279 g/mol. The summed E-state index contributed by atoms with van der Waals surface area (Å²) in [5.74, 6) is 0.123. The molecule has 1 aromatic rings. The van der Waals surface area contributed by atoms with Crippen molar-refractivity contribution in [1.82, 2.24) is 25.6 Å². The van der Waals surface area contributed by atoms with Crippen LogP contribution in [0.1, 0.15) is 44.9 Å². The zero-order valence-corrected chi connectivity index (χ0v) is 12.1. The van der Waals surface area contributed by atoms with Crippen molar-refractivity contribution < 1.29 is 4.79 Å². The molecule has 0 saturated heterocycles. The molecular formula is C14H25N5O. The third-order valence-electron chi connectivity index (χ3n) is 3.72. The maximum Gasteiger partial charge on any atom is 0.234 e. The Kier molecular flexibility index (Phi) is 6.50. The van der Waals surface area contributed by atoms with E-state index in [0.717, 1.165) is 32.4 Å². The Morgan fingerprint density at radius 2 is 2.05 bits per heavy atom. The van der Waals surface area contributed by atoms with Gasteiger partial charge in [0.15, 0.2) is 0 Å². The first-order valence-corrected chi connectivity index (χ1v) is 7.69. The molecule has 2 rings (SSSR count). The first kappa shape index (κ1) is 15.0. The quantitative estimate of drug-likeness (QED) is 0.579. The van der Waals surface area contributed by atoms with Crippen LogP contribution >= 0.6 is 0 Å². The molecule has 20 heavy (non-hydrogen) atoms. The normalized spacial score (nSPS) is 16.8. The second kappa shape index (κ2) is 8.68. The predicted molar refractivity (Wildman–Crippen MR) is 77.1 cm³/mol. The van der Waals surface area contributed by atoms with Crippen LogP contribution in [-0.2, 0) is 11.3 Å². The molecule has 0 unspecified atom stereocenters. The number of nitrogens with zero attached hydrogens (tertiary/aromatic N) is 3. The Bertz CT molecular complexity index is 371. The second-order valence-corrected chi connectivity index (χ2v) is 5.45. The first-order valence-electron chi connectivity index (χ1n) is 7.69. The molecule has 0 aliphatic heterocycles. The van der Waals surface area contributed by atoms with Gasteiger partial charge >= 0.3 is 0 Å². The van der Waals surface area contributed by atoms with Gasteiger partial charge in [-0.3, -0.25) is 9.48 Å². The van der Waals surface area contributed by atoms with Crippen molar-refractivity contribution in [2.24, 2.45) is 0 Å². The van der Waals surface area contributed by atoms with Gasteiger partial charge in [-0.05, 0) is 25.8 Å². The van der Waals surface area contributed by atoms with E-state index in [1.54, 1.807) is 10.9 Å². The summed E-state index contributed by atoms with van der Waals surface area (Å²) in [6.45, 7) is 2.06. The van der Waals surface area contributed by atoms with Crippen LogP contribution in [0.4, 0.5) is 0 Å². The lowest BCUT2D eigenvalue weighted by molar-refractivity contribution is -0.121. The smallest absolute Gasteiger partial charge is 0.234 e. The van der Waals surface area contributed by atoms with Crippen LogP contribution in [0.2, 0.25) is 0 Å². The van der Waals surface area contributed by atoms with Gasteiger partial charge in [-0.15, -0.1) is 5.10 Å². The van der Waals surface area contributed by atoms with E-state index in [4.69, 9.17) is 0 Å². The Hall–Kier alpha value is -1.43. The number of aromatic nitrogens is 3. The fourth-order valence-corrected chi connectivity index (χ4v) is 2.62. The number of hydrogen-bond donors (Lipinski definition) is 2. The van der Waals surface area contributed by atoms with Crippen LogP contribution in [0.3, 0.4) is 0 Å². The Morgan fingerprint density at radius 3 is 2.75 bits per heavy atom. The van der Waals surface area contributed by atoms with Gasteiger partial charge in [0.25, 0.3) is 0 Å². The van der Waals surface area contributed by atoms with Crippen LogP contribution in [0.25, 0.3) is 0 Å². The molecule has 6 heteroatoms. The van der Waals surface area contributed by atoms with E-state index in [1.807, 2.05) is 6.20 Å². The average Bonchev–Trinajstić information content (AvgIpc) is 2.83. The molecule has 1 aliphatic carbocycles. The topological polar surface area (TPSA) is 71.8 Å². The molecule has 1 aromatic heterocycles. The van der Waals surface area contributed by atoms with Gasteiger partial charge < -0.3 is 10.6 Å². The van der Waals surface area contributed by atoms with Gasteiger partial charge in [-0.1, -0.05) is 30.9 Å². The number of carbonyl (C=O) groups is 1.